The number of aromatic nitrogens is 1. The van der Waals surface area contributed by atoms with Gasteiger partial charge < -0.3 is 9.64 Å². The van der Waals surface area contributed by atoms with Gasteiger partial charge in [0, 0.05) is 12.2 Å². The van der Waals surface area contributed by atoms with Crippen LogP contribution in [0.3, 0.4) is 0 Å². The van der Waals surface area contributed by atoms with Gasteiger partial charge in [-0.15, -0.1) is 0 Å². The standard InChI is InChI=1S/C13H19FN2O/c1-16(2)10-5-7-11(8-6-10)17-13-12(14)4-3-9-15-13/h3-4,9-11H,5-8H2,1-2H3. The lowest BCUT2D eigenvalue weighted by molar-refractivity contribution is 0.103. The first-order valence-corrected chi connectivity index (χ1v) is 6.10. The fourth-order valence-electron chi connectivity index (χ4n) is 2.30. The van der Waals surface area contributed by atoms with E-state index < -0.39 is 0 Å². The summed E-state index contributed by atoms with van der Waals surface area (Å²) in [5.74, 6) is -0.233. The number of hydrogen-bond acceptors (Lipinski definition) is 3. The summed E-state index contributed by atoms with van der Waals surface area (Å²) in [7, 11) is 4.20. The molecule has 0 spiro atoms. The molecule has 0 saturated heterocycles. The maximum atomic E-state index is 13.4. The summed E-state index contributed by atoms with van der Waals surface area (Å²) in [6.45, 7) is 0. The van der Waals surface area contributed by atoms with Crippen molar-refractivity contribution in [2.45, 2.75) is 37.8 Å². The van der Waals surface area contributed by atoms with Gasteiger partial charge in [0.2, 0.25) is 0 Å². The van der Waals surface area contributed by atoms with E-state index >= 15 is 0 Å². The third-order valence-corrected chi connectivity index (χ3v) is 3.38. The van der Waals surface area contributed by atoms with Crippen molar-refractivity contribution in [2.24, 2.45) is 0 Å². The van der Waals surface area contributed by atoms with Crippen LogP contribution >= 0.6 is 0 Å². The Kier molecular flexibility index (Phi) is 3.94. The molecule has 94 valence electrons. The molecule has 2 rings (SSSR count). The Morgan fingerprint density at radius 2 is 2.00 bits per heavy atom. The Labute approximate surface area is 102 Å². The molecule has 3 nitrogen and oxygen atoms in total. The van der Waals surface area contributed by atoms with Crippen molar-refractivity contribution < 1.29 is 9.13 Å². The van der Waals surface area contributed by atoms with Crippen LogP contribution in [0.15, 0.2) is 18.3 Å². The molecule has 1 saturated carbocycles. The monoisotopic (exact) mass is 238 g/mol. The molecule has 4 heteroatoms. The Balaban J connectivity index is 1.88. The summed E-state index contributed by atoms with van der Waals surface area (Å²) in [6.07, 6.45) is 5.82. The van der Waals surface area contributed by atoms with Gasteiger partial charge in [0.25, 0.3) is 5.88 Å². The van der Waals surface area contributed by atoms with Gasteiger partial charge in [0.1, 0.15) is 6.10 Å². The molecule has 0 N–H and O–H groups in total. The second kappa shape index (κ2) is 5.45. The summed E-state index contributed by atoms with van der Waals surface area (Å²) in [4.78, 5) is 6.17. The average Bonchev–Trinajstić information content (AvgIpc) is 2.33. The maximum absolute atomic E-state index is 13.4. The van der Waals surface area contributed by atoms with Gasteiger partial charge in [-0.25, -0.2) is 9.37 Å². The van der Waals surface area contributed by atoms with Gasteiger partial charge in [-0.3, -0.25) is 0 Å². The predicted octanol–water partition coefficient (Wildman–Crippen LogP) is 2.47. The highest BCUT2D eigenvalue weighted by molar-refractivity contribution is 5.13. The van der Waals surface area contributed by atoms with Crippen molar-refractivity contribution in [1.29, 1.82) is 0 Å². The van der Waals surface area contributed by atoms with Crippen molar-refractivity contribution in [3.63, 3.8) is 0 Å². The van der Waals surface area contributed by atoms with Crippen molar-refractivity contribution in [3.8, 4) is 5.88 Å². The van der Waals surface area contributed by atoms with Crippen molar-refractivity contribution in [2.75, 3.05) is 14.1 Å². The fourth-order valence-corrected chi connectivity index (χ4v) is 2.30. The number of nitrogens with zero attached hydrogens (tertiary/aromatic N) is 2. The van der Waals surface area contributed by atoms with Gasteiger partial charge >= 0.3 is 0 Å². The Hall–Kier alpha value is -1.16. The number of hydrogen-bond donors (Lipinski definition) is 0. The van der Waals surface area contributed by atoms with Gasteiger partial charge in [-0.1, -0.05) is 0 Å². The molecule has 1 aliphatic carbocycles. The van der Waals surface area contributed by atoms with E-state index in [2.05, 4.69) is 24.0 Å². The zero-order chi connectivity index (χ0) is 12.3. The van der Waals surface area contributed by atoms with Crippen LogP contribution in [0.4, 0.5) is 4.39 Å². The lowest BCUT2D eigenvalue weighted by Gasteiger charge is -2.32. The first-order chi connectivity index (χ1) is 8.16. The molecule has 0 amide bonds. The molecule has 17 heavy (non-hydrogen) atoms. The van der Waals surface area contributed by atoms with E-state index in [4.69, 9.17) is 4.74 Å². The van der Waals surface area contributed by atoms with Crippen LogP contribution in [0.2, 0.25) is 0 Å². The lowest BCUT2D eigenvalue weighted by atomic mass is 9.92. The predicted molar refractivity (Wildman–Crippen MR) is 64.6 cm³/mol. The SMILES string of the molecule is CN(C)C1CCC(Oc2ncccc2F)CC1. The Morgan fingerprint density at radius 1 is 1.29 bits per heavy atom. The highest BCUT2D eigenvalue weighted by atomic mass is 19.1. The topological polar surface area (TPSA) is 25.4 Å². The molecule has 1 aliphatic rings. The minimum absolute atomic E-state index is 0.107. The third kappa shape index (κ3) is 3.16. The zero-order valence-corrected chi connectivity index (χ0v) is 10.4. The summed E-state index contributed by atoms with van der Waals surface area (Å²) in [5, 5.41) is 0. The number of pyridine rings is 1. The summed E-state index contributed by atoms with van der Waals surface area (Å²) >= 11 is 0. The van der Waals surface area contributed by atoms with Crippen molar-refractivity contribution in [3.05, 3.63) is 24.1 Å². The van der Waals surface area contributed by atoms with Crippen LogP contribution in [0.25, 0.3) is 0 Å². The van der Waals surface area contributed by atoms with Crippen LogP contribution in [0.5, 0.6) is 5.88 Å². The molecule has 0 atom stereocenters. The fraction of sp³-hybridized carbons (Fsp3) is 0.615. The average molecular weight is 238 g/mol. The Bertz CT molecular complexity index is 362. The maximum Gasteiger partial charge on any atom is 0.250 e. The third-order valence-electron chi connectivity index (χ3n) is 3.38. The molecular weight excluding hydrogens is 219 g/mol. The van der Waals surface area contributed by atoms with Gasteiger partial charge in [0.05, 0.1) is 0 Å². The highest BCUT2D eigenvalue weighted by Crippen LogP contribution is 2.25. The number of ether oxygens (including phenoxy) is 1. The number of rotatable bonds is 3. The molecular formula is C13H19FN2O. The van der Waals surface area contributed by atoms with Crippen molar-refractivity contribution in [1.82, 2.24) is 9.88 Å². The summed E-state index contributed by atoms with van der Waals surface area (Å²) < 4.78 is 19.0. The number of halogens is 1. The summed E-state index contributed by atoms with van der Waals surface area (Å²) in [5.41, 5.74) is 0. The van der Waals surface area contributed by atoms with Crippen LogP contribution in [0, 0.1) is 5.82 Å². The van der Waals surface area contributed by atoms with Crippen LogP contribution in [-0.4, -0.2) is 36.1 Å². The molecule has 0 unspecified atom stereocenters. The van der Waals surface area contributed by atoms with Gasteiger partial charge in [0.15, 0.2) is 5.82 Å². The minimum Gasteiger partial charge on any atom is -0.472 e. The molecule has 1 aromatic heterocycles. The second-order valence-corrected chi connectivity index (χ2v) is 4.80. The van der Waals surface area contributed by atoms with E-state index in [9.17, 15) is 4.39 Å². The smallest absolute Gasteiger partial charge is 0.250 e. The van der Waals surface area contributed by atoms with E-state index in [0.29, 0.717) is 6.04 Å². The molecule has 0 aromatic carbocycles. The first-order valence-electron chi connectivity index (χ1n) is 6.10. The molecule has 1 fully saturated rings. The van der Waals surface area contributed by atoms with E-state index in [0.717, 1.165) is 25.7 Å². The molecule has 0 bridgehead atoms. The summed E-state index contributed by atoms with van der Waals surface area (Å²) in [6, 6.07) is 3.59. The highest BCUT2D eigenvalue weighted by Gasteiger charge is 2.24. The van der Waals surface area contributed by atoms with E-state index in [1.54, 1.807) is 12.3 Å². The Morgan fingerprint density at radius 3 is 2.59 bits per heavy atom. The van der Waals surface area contributed by atoms with E-state index in [1.807, 2.05) is 0 Å². The van der Waals surface area contributed by atoms with E-state index in [1.165, 1.54) is 6.07 Å². The van der Waals surface area contributed by atoms with Crippen molar-refractivity contribution >= 4 is 0 Å². The largest absolute Gasteiger partial charge is 0.472 e. The minimum atomic E-state index is -0.373. The zero-order valence-electron chi connectivity index (χ0n) is 10.4. The normalized spacial score (nSPS) is 24.9. The van der Waals surface area contributed by atoms with Gasteiger partial charge in [-0.05, 0) is 51.9 Å². The second-order valence-electron chi connectivity index (χ2n) is 4.80. The van der Waals surface area contributed by atoms with Crippen LogP contribution in [-0.2, 0) is 0 Å². The van der Waals surface area contributed by atoms with E-state index in [-0.39, 0.29) is 17.8 Å². The van der Waals surface area contributed by atoms with Gasteiger partial charge in [-0.2, -0.15) is 0 Å². The molecule has 1 heterocycles. The van der Waals surface area contributed by atoms with Crippen LogP contribution < -0.4 is 4.74 Å². The molecule has 0 aliphatic heterocycles. The van der Waals surface area contributed by atoms with Crippen LogP contribution in [0.1, 0.15) is 25.7 Å². The molecule has 1 aromatic rings. The lowest BCUT2D eigenvalue weighted by Crippen LogP contribution is -2.35. The molecule has 0 radical (unpaired) electrons. The first kappa shape index (κ1) is 12.3. The quantitative estimate of drug-likeness (QED) is 0.809.